The van der Waals surface area contributed by atoms with Gasteiger partial charge in [-0.1, -0.05) is 12.7 Å². The van der Waals surface area contributed by atoms with E-state index in [9.17, 15) is 9.59 Å². The normalized spacial score (nSPS) is 20.6. The van der Waals surface area contributed by atoms with Gasteiger partial charge < -0.3 is 15.2 Å². The summed E-state index contributed by atoms with van der Waals surface area (Å²) < 4.78 is 4.81. The minimum Gasteiger partial charge on any atom is -0.480 e. The Morgan fingerprint density at radius 1 is 1.59 bits per heavy atom. The Kier molecular flexibility index (Phi) is 5.48. The first-order chi connectivity index (χ1) is 8.11. The molecule has 0 aromatic heterocycles. The predicted molar refractivity (Wildman–Crippen MR) is 61.8 cm³/mol. The molecule has 2 N–H and O–H groups in total. The van der Waals surface area contributed by atoms with E-state index in [0.717, 1.165) is 19.4 Å². The number of aliphatic carboxylic acids is 1. The summed E-state index contributed by atoms with van der Waals surface area (Å²) in [6.45, 7) is 4.94. The molecule has 1 heterocycles. The molecule has 0 radical (unpaired) electrons. The number of carboxylic acids is 1. The molecular formula is C11H18N2O4. The van der Waals surface area contributed by atoms with Crippen molar-refractivity contribution in [3.63, 3.8) is 0 Å². The van der Waals surface area contributed by atoms with Gasteiger partial charge in [-0.3, -0.25) is 9.69 Å². The van der Waals surface area contributed by atoms with Gasteiger partial charge in [0.1, 0.15) is 6.61 Å². The van der Waals surface area contributed by atoms with Gasteiger partial charge >= 0.3 is 12.1 Å². The van der Waals surface area contributed by atoms with Gasteiger partial charge in [-0.15, -0.1) is 0 Å². The largest absolute Gasteiger partial charge is 0.480 e. The number of likely N-dealkylation sites (tertiary alicyclic amines) is 1. The fourth-order valence-corrected chi connectivity index (χ4v) is 1.85. The topological polar surface area (TPSA) is 78.9 Å². The molecule has 1 amide bonds. The van der Waals surface area contributed by atoms with Gasteiger partial charge in [0.2, 0.25) is 0 Å². The number of carbonyl (C=O) groups is 2. The molecule has 0 spiro atoms. The first-order valence-corrected chi connectivity index (χ1v) is 5.60. The summed E-state index contributed by atoms with van der Waals surface area (Å²) in [5.74, 6) is -0.847. The number of hydrogen-bond donors (Lipinski definition) is 2. The average molecular weight is 242 g/mol. The van der Waals surface area contributed by atoms with E-state index in [-0.39, 0.29) is 19.2 Å². The molecule has 0 saturated carbocycles. The molecule has 0 aromatic rings. The van der Waals surface area contributed by atoms with Gasteiger partial charge in [-0.2, -0.15) is 0 Å². The Hall–Kier alpha value is -1.56. The van der Waals surface area contributed by atoms with Crippen LogP contribution in [0.4, 0.5) is 4.79 Å². The molecule has 1 saturated heterocycles. The summed E-state index contributed by atoms with van der Waals surface area (Å²) in [6, 6.07) is -0.0413. The second kappa shape index (κ2) is 6.90. The summed E-state index contributed by atoms with van der Waals surface area (Å²) >= 11 is 0. The van der Waals surface area contributed by atoms with Crippen LogP contribution in [0.5, 0.6) is 0 Å². The SMILES string of the molecule is C=CCOC(=O)NC1CCCN(CC(=O)O)C1. The van der Waals surface area contributed by atoms with Crippen molar-refractivity contribution in [1.82, 2.24) is 10.2 Å². The van der Waals surface area contributed by atoms with E-state index in [2.05, 4.69) is 11.9 Å². The van der Waals surface area contributed by atoms with Crippen LogP contribution in [0.25, 0.3) is 0 Å². The lowest BCUT2D eigenvalue weighted by Crippen LogP contribution is -2.49. The molecule has 1 fully saturated rings. The lowest BCUT2D eigenvalue weighted by atomic mass is 10.1. The summed E-state index contributed by atoms with van der Waals surface area (Å²) in [5.41, 5.74) is 0. The predicted octanol–water partition coefficient (Wildman–Crippen LogP) is 0.448. The zero-order valence-corrected chi connectivity index (χ0v) is 9.72. The van der Waals surface area contributed by atoms with Crippen LogP contribution in [0.15, 0.2) is 12.7 Å². The van der Waals surface area contributed by atoms with Crippen molar-refractivity contribution in [2.45, 2.75) is 18.9 Å². The maximum atomic E-state index is 11.3. The minimum atomic E-state index is -0.847. The number of rotatable bonds is 5. The second-order valence-electron chi connectivity index (χ2n) is 4.00. The number of carbonyl (C=O) groups excluding carboxylic acids is 1. The van der Waals surface area contributed by atoms with Crippen LogP contribution in [0.1, 0.15) is 12.8 Å². The molecule has 0 bridgehead atoms. The highest BCUT2D eigenvalue weighted by Crippen LogP contribution is 2.09. The maximum Gasteiger partial charge on any atom is 0.407 e. The lowest BCUT2D eigenvalue weighted by molar-refractivity contribution is -0.138. The van der Waals surface area contributed by atoms with E-state index in [1.807, 2.05) is 4.90 Å². The van der Waals surface area contributed by atoms with Gasteiger partial charge in [0, 0.05) is 12.6 Å². The molecule has 17 heavy (non-hydrogen) atoms. The van der Waals surface area contributed by atoms with E-state index in [1.165, 1.54) is 6.08 Å². The quantitative estimate of drug-likeness (QED) is 0.684. The number of piperidine rings is 1. The van der Waals surface area contributed by atoms with Crippen LogP contribution in [-0.2, 0) is 9.53 Å². The first-order valence-electron chi connectivity index (χ1n) is 5.60. The number of amides is 1. The smallest absolute Gasteiger partial charge is 0.407 e. The Morgan fingerprint density at radius 2 is 2.35 bits per heavy atom. The van der Waals surface area contributed by atoms with Crippen molar-refractivity contribution < 1.29 is 19.4 Å². The molecule has 1 aliphatic heterocycles. The molecule has 96 valence electrons. The first kappa shape index (κ1) is 13.5. The van der Waals surface area contributed by atoms with Crippen molar-refractivity contribution in [1.29, 1.82) is 0 Å². The Labute approximate surface area is 100 Å². The van der Waals surface area contributed by atoms with E-state index >= 15 is 0 Å². The summed E-state index contributed by atoms with van der Waals surface area (Å²) in [7, 11) is 0. The third-order valence-electron chi connectivity index (χ3n) is 2.52. The van der Waals surface area contributed by atoms with Crippen LogP contribution in [-0.4, -0.2) is 54.4 Å². The van der Waals surface area contributed by atoms with Crippen molar-refractivity contribution in [3.8, 4) is 0 Å². The highest BCUT2D eigenvalue weighted by atomic mass is 16.5. The van der Waals surface area contributed by atoms with E-state index < -0.39 is 12.1 Å². The Morgan fingerprint density at radius 3 is 3.00 bits per heavy atom. The van der Waals surface area contributed by atoms with Crippen LogP contribution >= 0.6 is 0 Å². The summed E-state index contributed by atoms with van der Waals surface area (Å²) in [6.07, 6.45) is 2.74. The van der Waals surface area contributed by atoms with Crippen LogP contribution in [0.3, 0.4) is 0 Å². The van der Waals surface area contributed by atoms with Crippen LogP contribution in [0, 0.1) is 0 Å². The zero-order chi connectivity index (χ0) is 12.7. The zero-order valence-electron chi connectivity index (χ0n) is 9.72. The molecular weight excluding hydrogens is 224 g/mol. The molecule has 1 atom stereocenters. The van der Waals surface area contributed by atoms with Crippen molar-refractivity contribution >= 4 is 12.1 Å². The Bertz CT molecular complexity index is 293. The number of ether oxygens (including phenoxy) is 1. The fraction of sp³-hybridized carbons (Fsp3) is 0.636. The van der Waals surface area contributed by atoms with E-state index in [4.69, 9.17) is 9.84 Å². The second-order valence-corrected chi connectivity index (χ2v) is 4.00. The van der Waals surface area contributed by atoms with Gasteiger partial charge in [0.15, 0.2) is 0 Å². The number of hydrogen-bond acceptors (Lipinski definition) is 4. The Balaban J connectivity index is 2.31. The van der Waals surface area contributed by atoms with Crippen molar-refractivity contribution in [3.05, 3.63) is 12.7 Å². The summed E-state index contributed by atoms with van der Waals surface area (Å²) in [5, 5.41) is 11.4. The highest BCUT2D eigenvalue weighted by Gasteiger charge is 2.22. The van der Waals surface area contributed by atoms with Crippen LogP contribution in [0.2, 0.25) is 0 Å². The maximum absolute atomic E-state index is 11.3. The fourth-order valence-electron chi connectivity index (χ4n) is 1.85. The van der Waals surface area contributed by atoms with Crippen molar-refractivity contribution in [2.75, 3.05) is 26.2 Å². The number of nitrogens with one attached hydrogen (secondary N) is 1. The third kappa shape index (κ3) is 5.35. The highest BCUT2D eigenvalue weighted by molar-refractivity contribution is 5.69. The molecule has 6 nitrogen and oxygen atoms in total. The standard InChI is InChI=1S/C11H18N2O4/c1-2-6-17-11(16)12-9-4-3-5-13(7-9)8-10(14)15/h2,9H,1,3-8H2,(H,12,16)(H,14,15). The van der Waals surface area contributed by atoms with Crippen LogP contribution < -0.4 is 5.32 Å². The molecule has 0 aliphatic carbocycles. The molecule has 6 heteroatoms. The monoisotopic (exact) mass is 242 g/mol. The van der Waals surface area contributed by atoms with E-state index in [1.54, 1.807) is 0 Å². The number of carboxylic acid groups (broad SMARTS) is 1. The van der Waals surface area contributed by atoms with Gasteiger partial charge in [-0.25, -0.2) is 4.79 Å². The molecule has 1 aliphatic rings. The molecule has 1 rings (SSSR count). The van der Waals surface area contributed by atoms with Gasteiger partial charge in [0.05, 0.1) is 6.54 Å². The van der Waals surface area contributed by atoms with E-state index in [0.29, 0.717) is 6.54 Å². The minimum absolute atomic E-state index is 0.0138. The third-order valence-corrected chi connectivity index (χ3v) is 2.52. The van der Waals surface area contributed by atoms with Gasteiger partial charge in [0.25, 0.3) is 0 Å². The van der Waals surface area contributed by atoms with Crippen molar-refractivity contribution in [2.24, 2.45) is 0 Å². The number of nitrogens with zero attached hydrogens (tertiary/aromatic N) is 1. The summed E-state index contributed by atoms with van der Waals surface area (Å²) in [4.78, 5) is 23.7. The molecule has 0 aromatic carbocycles. The average Bonchev–Trinajstić information content (AvgIpc) is 2.26. The number of alkyl carbamates (subject to hydrolysis) is 1. The van der Waals surface area contributed by atoms with Gasteiger partial charge in [-0.05, 0) is 19.4 Å². The molecule has 1 unspecified atom stereocenters. The lowest BCUT2D eigenvalue weighted by Gasteiger charge is -2.31.